The van der Waals surface area contributed by atoms with E-state index in [-0.39, 0.29) is 11.8 Å². The van der Waals surface area contributed by atoms with Gasteiger partial charge in [0.05, 0.1) is 31.2 Å². The van der Waals surface area contributed by atoms with Crippen molar-refractivity contribution in [2.24, 2.45) is 0 Å². The molecule has 13 heteroatoms. The van der Waals surface area contributed by atoms with E-state index in [0.717, 1.165) is 17.0 Å². The lowest BCUT2D eigenvalue weighted by molar-refractivity contribution is 0.122. The van der Waals surface area contributed by atoms with Crippen LogP contribution < -0.4 is 20.3 Å². The highest BCUT2D eigenvalue weighted by Gasteiger charge is 2.23. The zero-order chi connectivity index (χ0) is 19.5. The van der Waals surface area contributed by atoms with Crippen LogP contribution in [0.15, 0.2) is 10.7 Å². The van der Waals surface area contributed by atoms with Gasteiger partial charge in [-0.05, 0) is 27.7 Å². The molecule has 0 radical (unpaired) electrons. The van der Waals surface area contributed by atoms with Gasteiger partial charge in [-0.15, -0.1) is 5.10 Å². The van der Waals surface area contributed by atoms with Crippen molar-refractivity contribution in [3.8, 4) is 5.19 Å². The number of aliphatic hydroxyl groups is 1. The molecule has 0 bridgehead atoms. The molecule has 0 aliphatic carbocycles. The third kappa shape index (κ3) is 3.54. The zero-order valence-electron chi connectivity index (χ0n) is 14.8. The number of rotatable bonds is 5. The molecule has 4 rings (SSSR count). The number of ether oxygens (including phenoxy) is 2. The van der Waals surface area contributed by atoms with Crippen molar-refractivity contribution < 1.29 is 24.0 Å². The van der Waals surface area contributed by atoms with Gasteiger partial charge in [-0.3, -0.25) is 0 Å². The number of hydrogen-bond acceptors (Lipinski definition) is 12. The lowest BCUT2D eigenvalue weighted by Crippen LogP contribution is -2.37. The first-order chi connectivity index (χ1) is 13.7. The third-order valence-corrected chi connectivity index (χ3v) is 4.84. The van der Waals surface area contributed by atoms with Crippen LogP contribution in [0.2, 0.25) is 0 Å². The molecule has 1 fully saturated rings. The van der Waals surface area contributed by atoms with Gasteiger partial charge in [0.1, 0.15) is 0 Å². The van der Waals surface area contributed by atoms with Crippen LogP contribution in [0.1, 0.15) is 5.56 Å². The lowest BCUT2D eigenvalue weighted by Gasteiger charge is -2.30. The Morgan fingerprint density at radius 1 is 1.32 bits per heavy atom. The summed E-state index contributed by atoms with van der Waals surface area (Å²) in [6, 6.07) is 1.76. The molecule has 12 nitrogen and oxygen atoms in total. The summed E-state index contributed by atoms with van der Waals surface area (Å²) in [7, 11) is 1.45. The van der Waals surface area contributed by atoms with Crippen LogP contribution in [-0.2, 0) is 11.3 Å². The molecule has 3 N–H and O–H groups in total. The number of carbonyl (C=O) groups is 1. The smallest absolute Gasteiger partial charge is 0.392 e. The molecule has 1 aliphatic heterocycles. The van der Waals surface area contributed by atoms with E-state index < -0.39 is 6.09 Å². The average Bonchev–Trinajstić information content (AvgIpc) is 3.38. The standard InChI is InChI=1S/C15H17N7O5S/c1-16-14(24)26-15-19-18-13(28-15)17-9-6-8(7-23)12(11-10(9)20-27-21-11)22-2-4-25-5-3-22/h6,23H,2-5,7H2,1H3,(H,16,24)(H,17,18). The Hall–Kier alpha value is -3.03. The molecule has 0 saturated carbocycles. The largest absolute Gasteiger partial charge is 0.414 e. The van der Waals surface area contributed by atoms with Crippen LogP contribution in [0.3, 0.4) is 0 Å². The number of morpholine rings is 1. The fraction of sp³-hybridized carbons (Fsp3) is 0.400. The first kappa shape index (κ1) is 18.3. The SMILES string of the molecule is CNC(=O)Oc1nnc(Nc2cc(CO)c(N3CCOCC3)c3nonc23)s1. The van der Waals surface area contributed by atoms with Gasteiger partial charge in [-0.1, -0.05) is 5.10 Å². The summed E-state index contributed by atoms with van der Waals surface area (Å²) < 4.78 is 15.3. The van der Waals surface area contributed by atoms with E-state index >= 15 is 0 Å². The Morgan fingerprint density at radius 2 is 2.11 bits per heavy atom. The van der Waals surface area contributed by atoms with Crippen molar-refractivity contribution in [2.45, 2.75) is 6.61 Å². The lowest BCUT2D eigenvalue weighted by atomic mass is 10.1. The highest BCUT2D eigenvalue weighted by molar-refractivity contribution is 7.17. The zero-order valence-corrected chi connectivity index (χ0v) is 15.7. The van der Waals surface area contributed by atoms with Crippen molar-refractivity contribution in [2.75, 3.05) is 43.6 Å². The summed E-state index contributed by atoms with van der Waals surface area (Å²) in [5, 5.41) is 31.5. The second kappa shape index (κ2) is 7.92. The summed E-state index contributed by atoms with van der Waals surface area (Å²) in [5.74, 6) is 0. The van der Waals surface area contributed by atoms with Crippen molar-refractivity contribution in [3.05, 3.63) is 11.6 Å². The van der Waals surface area contributed by atoms with Gasteiger partial charge in [0.25, 0.3) is 0 Å². The number of aliphatic hydroxyl groups excluding tert-OH is 1. The molecule has 1 aliphatic rings. The van der Waals surface area contributed by atoms with Crippen LogP contribution in [0, 0.1) is 0 Å². The highest BCUT2D eigenvalue weighted by atomic mass is 32.1. The molecule has 3 aromatic rings. The number of aromatic nitrogens is 4. The number of nitrogens with one attached hydrogen (secondary N) is 2. The van der Waals surface area contributed by atoms with Gasteiger partial charge in [-0.25, -0.2) is 9.42 Å². The van der Waals surface area contributed by atoms with Gasteiger partial charge in [0.2, 0.25) is 5.13 Å². The topological polar surface area (TPSA) is 148 Å². The number of fused-ring (bicyclic) bond motifs is 1. The minimum Gasteiger partial charge on any atom is -0.392 e. The molecular formula is C15H17N7O5S. The summed E-state index contributed by atoms with van der Waals surface area (Å²) in [6.07, 6.45) is -0.636. The van der Waals surface area contributed by atoms with Crippen molar-refractivity contribution >= 4 is 45.0 Å². The molecule has 1 saturated heterocycles. The number of amides is 1. The summed E-state index contributed by atoms with van der Waals surface area (Å²) in [5.41, 5.74) is 3.00. The number of hydrogen-bond donors (Lipinski definition) is 3. The third-order valence-electron chi connectivity index (χ3n) is 4.12. The Balaban J connectivity index is 1.67. The fourth-order valence-corrected chi connectivity index (χ4v) is 3.49. The average molecular weight is 407 g/mol. The van der Waals surface area contributed by atoms with E-state index in [9.17, 15) is 9.90 Å². The monoisotopic (exact) mass is 407 g/mol. The van der Waals surface area contributed by atoms with Gasteiger partial charge in [0, 0.05) is 25.7 Å². The predicted molar refractivity (Wildman–Crippen MR) is 99.0 cm³/mol. The molecule has 0 atom stereocenters. The normalized spacial score (nSPS) is 14.3. The minimum atomic E-state index is -0.636. The quantitative estimate of drug-likeness (QED) is 0.553. The first-order valence-corrected chi connectivity index (χ1v) is 9.23. The van der Waals surface area contributed by atoms with Gasteiger partial charge in [-0.2, -0.15) is 0 Å². The molecule has 1 aromatic carbocycles. The predicted octanol–water partition coefficient (Wildman–Crippen LogP) is 0.865. The van der Waals surface area contributed by atoms with Gasteiger partial charge in [0.15, 0.2) is 11.0 Å². The molecule has 0 spiro atoms. The van der Waals surface area contributed by atoms with Crippen molar-refractivity contribution in [1.82, 2.24) is 25.8 Å². The van der Waals surface area contributed by atoms with Crippen LogP contribution in [0.4, 0.5) is 21.3 Å². The molecular weight excluding hydrogens is 390 g/mol. The summed E-state index contributed by atoms with van der Waals surface area (Å²) in [4.78, 5) is 13.4. The van der Waals surface area contributed by atoms with E-state index in [4.69, 9.17) is 14.1 Å². The van der Waals surface area contributed by atoms with Crippen LogP contribution in [0.5, 0.6) is 5.19 Å². The maximum Gasteiger partial charge on any atom is 0.414 e. The van der Waals surface area contributed by atoms with E-state index in [0.29, 0.717) is 53.7 Å². The van der Waals surface area contributed by atoms with E-state index in [1.807, 2.05) is 0 Å². The first-order valence-electron chi connectivity index (χ1n) is 8.41. The van der Waals surface area contributed by atoms with Gasteiger partial charge < -0.3 is 30.1 Å². The fourth-order valence-electron chi connectivity index (χ4n) is 2.89. The van der Waals surface area contributed by atoms with Crippen LogP contribution in [-0.4, -0.2) is 65.1 Å². The number of benzene rings is 1. The minimum absolute atomic E-state index is 0.0868. The maximum absolute atomic E-state index is 11.3. The van der Waals surface area contributed by atoms with Gasteiger partial charge >= 0.3 is 11.3 Å². The molecule has 2 aromatic heterocycles. The Labute approximate surface area is 162 Å². The second-order valence-electron chi connectivity index (χ2n) is 5.79. The highest BCUT2D eigenvalue weighted by Crippen LogP contribution is 2.37. The summed E-state index contributed by atoms with van der Waals surface area (Å²) in [6.45, 7) is 2.36. The maximum atomic E-state index is 11.3. The molecule has 28 heavy (non-hydrogen) atoms. The van der Waals surface area contributed by atoms with E-state index in [2.05, 4.69) is 36.0 Å². The molecule has 0 unspecified atom stereocenters. The Kier molecular flexibility index (Phi) is 5.18. The number of carbonyl (C=O) groups excluding carboxylic acids is 1. The summed E-state index contributed by atoms with van der Waals surface area (Å²) >= 11 is 1.04. The van der Waals surface area contributed by atoms with E-state index in [1.54, 1.807) is 6.07 Å². The van der Waals surface area contributed by atoms with E-state index in [1.165, 1.54) is 7.05 Å². The van der Waals surface area contributed by atoms with Crippen LogP contribution in [0.25, 0.3) is 11.0 Å². The van der Waals surface area contributed by atoms with Crippen molar-refractivity contribution in [1.29, 1.82) is 0 Å². The molecule has 3 heterocycles. The number of anilines is 3. The molecule has 148 valence electrons. The van der Waals surface area contributed by atoms with Crippen molar-refractivity contribution in [3.63, 3.8) is 0 Å². The molecule has 1 amide bonds. The Morgan fingerprint density at radius 3 is 2.86 bits per heavy atom. The van der Waals surface area contributed by atoms with Crippen LogP contribution >= 0.6 is 11.3 Å². The number of nitrogens with zero attached hydrogens (tertiary/aromatic N) is 5. The Bertz CT molecular complexity index is 984. The second-order valence-corrected chi connectivity index (χ2v) is 6.73.